The van der Waals surface area contributed by atoms with Crippen LogP contribution in [-0.4, -0.2) is 48.0 Å². The summed E-state index contributed by atoms with van der Waals surface area (Å²) in [5.41, 5.74) is 2.20. The maximum absolute atomic E-state index is 12.3. The molecule has 0 radical (unpaired) electrons. The first-order chi connectivity index (χ1) is 10.8. The summed E-state index contributed by atoms with van der Waals surface area (Å²) in [5, 5.41) is 6.36. The molecule has 2 aliphatic heterocycles. The second-order valence-corrected chi connectivity index (χ2v) is 7.31. The van der Waals surface area contributed by atoms with Crippen LogP contribution in [0.2, 0.25) is 0 Å². The molecule has 1 aromatic carbocycles. The predicted octanol–water partition coefficient (Wildman–Crippen LogP) is 2.32. The summed E-state index contributed by atoms with van der Waals surface area (Å²) < 4.78 is 0. The molecule has 3 rings (SSSR count). The van der Waals surface area contributed by atoms with Gasteiger partial charge >= 0.3 is 0 Å². The van der Waals surface area contributed by atoms with Crippen LogP contribution in [0.15, 0.2) is 24.3 Å². The van der Waals surface area contributed by atoms with E-state index in [1.807, 2.05) is 23.9 Å². The van der Waals surface area contributed by atoms with Crippen LogP contribution in [0.1, 0.15) is 24.8 Å². The van der Waals surface area contributed by atoms with E-state index in [2.05, 4.69) is 27.7 Å². The minimum Gasteiger partial charge on any atom is -0.325 e. The third kappa shape index (κ3) is 4.48. The number of anilines is 1. The molecule has 4 nitrogen and oxygen atoms in total. The summed E-state index contributed by atoms with van der Waals surface area (Å²) in [6, 6.07) is 8.25. The fraction of sp³-hybridized carbons (Fsp3) is 0.588. The van der Waals surface area contributed by atoms with Gasteiger partial charge < -0.3 is 10.6 Å². The summed E-state index contributed by atoms with van der Waals surface area (Å²) in [7, 11) is 0. The molecule has 22 heavy (non-hydrogen) atoms. The van der Waals surface area contributed by atoms with E-state index < -0.39 is 0 Å². The maximum Gasteiger partial charge on any atom is 0.241 e. The van der Waals surface area contributed by atoms with E-state index in [0.717, 1.165) is 44.7 Å². The number of rotatable bonds is 4. The van der Waals surface area contributed by atoms with E-state index in [1.54, 1.807) is 0 Å². The Morgan fingerprint density at radius 2 is 2.18 bits per heavy atom. The summed E-state index contributed by atoms with van der Waals surface area (Å²) in [5.74, 6) is 2.55. The van der Waals surface area contributed by atoms with Gasteiger partial charge in [0.2, 0.25) is 5.91 Å². The molecule has 2 fully saturated rings. The Labute approximate surface area is 137 Å². The quantitative estimate of drug-likeness (QED) is 0.894. The summed E-state index contributed by atoms with van der Waals surface area (Å²) in [6.07, 6.45) is 3.25. The van der Waals surface area contributed by atoms with Crippen LogP contribution >= 0.6 is 11.8 Å². The first kappa shape index (κ1) is 15.8. The fourth-order valence-corrected chi connectivity index (χ4v) is 4.05. The number of amides is 1. The van der Waals surface area contributed by atoms with Crippen LogP contribution in [-0.2, 0) is 11.3 Å². The van der Waals surface area contributed by atoms with Crippen LogP contribution in [0.3, 0.4) is 0 Å². The third-order valence-corrected chi connectivity index (χ3v) is 5.27. The molecule has 1 amide bonds. The lowest BCUT2D eigenvalue weighted by Crippen LogP contribution is -2.43. The Balaban J connectivity index is 1.57. The number of hydrogen-bond donors (Lipinski definition) is 2. The largest absolute Gasteiger partial charge is 0.325 e. The number of thioether (sulfide) groups is 1. The fourth-order valence-electron chi connectivity index (χ4n) is 3.07. The molecule has 1 atom stereocenters. The minimum absolute atomic E-state index is 0.0310. The number of carbonyl (C=O) groups is 1. The Morgan fingerprint density at radius 1 is 1.32 bits per heavy atom. The summed E-state index contributed by atoms with van der Waals surface area (Å²) >= 11 is 2.03. The first-order valence-electron chi connectivity index (χ1n) is 8.24. The Kier molecular flexibility index (Phi) is 5.76. The summed E-state index contributed by atoms with van der Waals surface area (Å²) in [6.45, 7) is 4.25. The number of nitrogens with zero attached hydrogens (tertiary/aromatic N) is 1. The van der Waals surface area contributed by atoms with Gasteiger partial charge in [-0.3, -0.25) is 9.69 Å². The molecule has 0 unspecified atom stereocenters. The standard InChI is InChI=1S/C17H25N3OS/c21-17(16-6-1-2-7-18-16)19-15-5-3-4-14(12-15)13-20-8-10-22-11-9-20/h3-5,12,16,18H,1-2,6-11,13H2,(H,19,21)/t16-/m1/s1. The van der Waals surface area contributed by atoms with Crippen molar-refractivity contribution in [1.29, 1.82) is 0 Å². The van der Waals surface area contributed by atoms with Crippen LogP contribution in [0.25, 0.3) is 0 Å². The second kappa shape index (κ2) is 7.99. The van der Waals surface area contributed by atoms with Gasteiger partial charge in [0.1, 0.15) is 0 Å². The predicted molar refractivity (Wildman–Crippen MR) is 93.3 cm³/mol. The van der Waals surface area contributed by atoms with E-state index in [9.17, 15) is 4.79 Å². The molecule has 0 spiro atoms. The average Bonchev–Trinajstić information content (AvgIpc) is 2.57. The molecule has 0 saturated carbocycles. The van der Waals surface area contributed by atoms with E-state index in [4.69, 9.17) is 0 Å². The molecule has 2 N–H and O–H groups in total. The van der Waals surface area contributed by atoms with Gasteiger partial charge in [0.25, 0.3) is 0 Å². The Morgan fingerprint density at radius 3 is 2.95 bits per heavy atom. The molecule has 2 aliphatic rings. The van der Waals surface area contributed by atoms with Gasteiger partial charge in [-0.1, -0.05) is 18.6 Å². The van der Waals surface area contributed by atoms with E-state index in [1.165, 1.54) is 23.5 Å². The van der Waals surface area contributed by atoms with Crippen LogP contribution in [0.5, 0.6) is 0 Å². The normalized spacial score (nSPS) is 23.2. The van der Waals surface area contributed by atoms with Crippen molar-refractivity contribution in [2.45, 2.75) is 31.8 Å². The van der Waals surface area contributed by atoms with Crippen molar-refractivity contribution in [2.24, 2.45) is 0 Å². The topological polar surface area (TPSA) is 44.4 Å². The van der Waals surface area contributed by atoms with E-state index in [0.29, 0.717) is 0 Å². The van der Waals surface area contributed by atoms with Crippen molar-refractivity contribution in [2.75, 3.05) is 36.5 Å². The second-order valence-electron chi connectivity index (χ2n) is 6.08. The lowest BCUT2D eigenvalue weighted by Gasteiger charge is -2.26. The number of nitrogens with one attached hydrogen (secondary N) is 2. The van der Waals surface area contributed by atoms with Crippen LogP contribution < -0.4 is 10.6 Å². The zero-order chi connectivity index (χ0) is 15.2. The van der Waals surface area contributed by atoms with E-state index in [-0.39, 0.29) is 11.9 Å². The third-order valence-electron chi connectivity index (χ3n) is 4.33. The summed E-state index contributed by atoms with van der Waals surface area (Å²) in [4.78, 5) is 14.8. The van der Waals surface area contributed by atoms with Gasteiger partial charge in [-0.15, -0.1) is 0 Å². The number of benzene rings is 1. The highest BCUT2D eigenvalue weighted by Crippen LogP contribution is 2.17. The molecule has 0 aliphatic carbocycles. The number of piperidine rings is 1. The van der Waals surface area contributed by atoms with Gasteiger partial charge in [0.05, 0.1) is 6.04 Å². The van der Waals surface area contributed by atoms with Crippen molar-refractivity contribution >= 4 is 23.4 Å². The average molecular weight is 319 g/mol. The molecular formula is C17H25N3OS. The Bertz CT molecular complexity index is 496. The van der Waals surface area contributed by atoms with Crippen LogP contribution in [0.4, 0.5) is 5.69 Å². The Hall–Kier alpha value is -1.04. The van der Waals surface area contributed by atoms with Crippen molar-refractivity contribution in [3.8, 4) is 0 Å². The highest BCUT2D eigenvalue weighted by Gasteiger charge is 2.20. The molecule has 5 heteroatoms. The molecule has 2 heterocycles. The molecule has 0 bridgehead atoms. The van der Waals surface area contributed by atoms with Gasteiger partial charge in [-0.2, -0.15) is 11.8 Å². The van der Waals surface area contributed by atoms with Crippen LogP contribution in [0, 0.1) is 0 Å². The molecule has 1 aromatic rings. The van der Waals surface area contributed by atoms with E-state index >= 15 is 0 Å². The minimum atomic E-state index is -0.0310. The number of hydrogen-bond acceptors (Lipinski definition) is 4. The molecule has 0 aromatic heterocycles. The van der Waals surface area contributed by atoms with Crippen molar-refractivity contribution in [3.63, 3.8) is 0 Å². The van der Waals surface area contributed by atoms with Crippen molar-refractivity contribution in [3.05, 3.63) is 29.8 Å². The lowest BCUT2D eigenvalue weighted by molar-refractivity contribution is -0.118. The SMILES string of the molecule is O=C(Nc1cccc(CN2CCSCC2)c1)[C@H]1CCCCN1. The monoisotopic (exact) mass is 319 g/mol. The molecule has 120 valence electrons. The zero-order valence-electron chi connectivity index (χ0n) is 13.0. The smallest absolute Gasteiger partial charge is 0.241 e. The van der Waals surface area contributed by atoms with Gasteiger partial charge in [-0.25, -0.2) is 0 Å². The lowest BCUT2D eigenvalue weighted by atomic mass is 10.0. The van der Waals surface area contributed by atoms with Gasteiger partial charge in [0.15, 0.2) is 0 Å². The van der Waals surface area contributed by atoms with Gasteiger partial charge in [0, 0.05) is 36.8 Å². The maximum atomic E-state index is 12.3. The van der Waals surface area contributed by atoms with Crippen molar-refractivity contribution < 1.29 is 4.79 Å². The van der Waals surface area contributed by atoms with Gasteiger partial charge in [-0.05, 0) is 37.1 Å². The van der Waals surface area contributed by atoms with Crippen molar-refractivity contribution in [1.82, 2.24) is 10.2 Å². The first-order valence-corrected chi connectivity index (χ1v) is 9.40. The zero-order valence-corrected chi connectivity index (χ0v) is 13.8. The highest BCUT2D eigenvalue weighted by atomic mass is 32.2. The molecule has 2 saturated heterocycles. The number of carbonyl (C=O) groups excluding carboxylic acids is 1. The molecular weight excluding hydrogens is 294 g/mol. The highest BCUT2D eigenvalue weighted by molar-refractivity contribution is 7.99.